The van der Waals surface area contributed by atoms with Gasteiger partial charge in [0.1, 0.15) is 11.6 Å². The number of halogens is 3. The molecule has 6 heteroatoms. The molecule has 2 saturated carbocycles. The van der Waals surface area contributed by atoms with Crippen molar-refractivity contribution in [3.8, 4) is 0 Å². The van der Waals surface area contributed by atoms with Crippen LogP contribution in [0.1, 0.15) is 37.7 Å². The highest BCUT2D eigenvalue weighted by Gasteiger charge is 2.52. The lowest BCUT2D eigenvalue weighted by atomic mass is 9.63. The van der Waals surface area contributed by atoms with Gasteiger partial charge in [-0.25, -0.2) is 8.78 Å². The number of carbonyl (C=O) groups excluding carboxylic acids is 1. The summed E-state index contributed by atoms with van der Waals surface area (Å²) >= 11 is 0. The molecular weight excluding hydrogens is 334 g/mol. The molecule has 0 aromatic heterocycles. The van der Waals surface area contributed by atoms with Crippen LogP contribution in [0.2, 0.25) is 0 Å². The van der Waals surface area contributed by atoms with E-state index in [4.69, 9.17) is 5.73 Å². The van der Waals surface area contributed by atoms with E-state index in [9.17, 15) is 13.6 Å². The first kappa shape index (κ1) is 17.6. The summed E-state index contributed by atoms with van der Waals surface area (Å²) in [7, 11) is 0. The Labute approximate surface area is 147 Å². The lowest BCUT2D eigenvalue weighted by molar-refractivity contribution is -0.140. The zero-order chi connectivity index (χ0) is 16.2. The molecule has 1 heterocycles. The highest BCUT2D eigenvalue weighted by atomic mass is 35.5. The number of hydrogen-bond acceptors (Lipinski definition) is 2. The summed E-state index contributed by atoms with van der Waals surface area (Å²) in [6.45, 7) is 1.43. The standard InChI is InChI=1S/C18H22F2N2O.ClH/c19-12-3-4-14(15(20)8-12)18(6-1-7-18)17(23)22-9-11-2-5-16(21)13(11)10-22;/h3-4,8,11,13,16H,1-2,5-7,9-10,21H2;1H. The molecule has 1 saturated heterocycles. The average Bonchev–Trinajstić information content (AvgIpc) is 3.02. The Hall–Kier alpha value is -1.20. The van der Waals surface area contributed by atoms with E-state index in [1.54, 1.807) is 0 Å². The molecule has 0 spiro atoms. The Bertz CT molecular complexity index is 650. The number of rotatable bonds is 2. The Morgan fingerprint density at radius 1 is 1.21 bits per heavy atom. The second kappa shape index (κ2) is 6.26. The first-order valence-electron chi connectivity index (χ1n) is 8.52. The Balaban J connectivity index is 0.00000169. The number of nitrogens with zero attached hydrogens (tertiary/aromatic N) is 1. The first-order valence-corrected chi connectivity index (χ1v) is 8.52. The molecule has 4 rings (SSSR count). The maximum atomic E-state index is 14.3. The van der Waals surface area contributed by atoms with E-state index in [0.29, 0.717) is 36.8 Å². The van der Waals surface area contributed by atoms with E-state index in [1.807, 2.05) is 4.90 Å². The van der Waals surface area contributed by atoms with Gasteiger partial charge in [-0.15, -0.1) is 12.4 Å². The minimum Gasteiger partial charge on any atom is -0.341 e. The highest BCUT2D eigenvalue weighted by Crippen LogP contribution is 2.48. The molecular formula is C18H23ClF2N2O. The first-order chi connectivity index (χ1) is 11.0. The van der Waals surface area contributed by atoms with Gasteiger partial charge in [-0.3, -0.25) is 4.79 Å². The van der Waals surface area contributed by atoms with Gasteiger partial charge in [-0.05, 0) is 43.6 Å². The van der Waals surface area contributed by atoms with Crippen molar-refractivity contribution in [2.24, 2.45) is 17.6 Å². The highest BCUT2D eigenvalue weighted by molar-refractivity contribution is 5.89. The minimum atomic E-state index is -0.791. The number of amides is 1. The topological polar surface area (TPSA) is 46.3 Å². The Morgan fingerprint density at radius 2 is 1.96 bits per heavy atom. The van der Waals surface area contributed by atoms with Gasteiger partial charge in [0.15, 0.2) is 0 Å². The second-order valence-electron chi connectivity index (χ2n) is 7.44. The summed E-state index contributed by atoms with van der Waals surface area (Å²) < 4.78 is 27.5. The number of likely N-dealkylation sites (tertiary alicyclic amines) is 1. The van der Waals surface area contributed by atoms with Crippen molar-refractivity contribution in [2.75, 3.05) is 13.1 Å². The van der Waals surface area contributed by atoms with Crippen LogP contribution in [-0.2, 0) is 10.2 Å². The minimum absolute atomic E-state index is 0. The molecule has 3 nitrogen and oxygen atoms in total. The van der Waals surface area contributed by atoms with Crippen molar-refractivity contribution < 1.29 is 13.6 Å². The second-order valence-corrected chi connectivity index (χ2v) is 7.44. The van der Waals surface area contributed by atoms with Crippen molar-refractivity contribution in [3.63, 3.8) is 0 Å². The van der Waals surface area contributed by atoms with E-state index in [0.717, 1.165) is 31.9 Å². The average molecular weight is 357 g/mol. The van der Waals surface area contributed by atoms with Crippen LogP contribution < -0.4 is 5.73 Å². The van der Waals surface area contributed by atoms with E-state index >= 15 is 0 Å². The zero-order valence-electron chi connectivity index (χ0n) is 13.5. The van der Waals surface area contributed by atoms with E-state index in [2.05, 4.69) is 0 Å². The lowest BCUT2D eigenvalue weighted by Gasteiger charge is -2.43. The van der Waals surface area contributed by atoms with Crippen LogP contribution in [-0.4, -0.2) is 29.9 Å². The Kier molecular flexibility index (Phi) is 4.60. The molecule has 2 N–H and O–H groups in total. The summed E-state index contributed by atoms with van der Waals surface area (Å²) in [6, 6.07) is 3.76. The Morgan fingerprint density at radius 3 is 2.54 bits per heavy atom. The van der Waals surface area contributed by atoms with Crippen molar-refractivity contribution in [1.29, 1.82) is 0 Å². The summed E-state index contributed by atoms with van der Waals surface area (Å²) in [5, 5.41) is 0. The molecule has 1 aromatic carbocycles. The van der Waals surface area contributed by atoms with Crippen LogP contribution in [0.4, 0.5) is 8.78 Å². The number of benzene rings is 1. The smallest absolute Gasteiger partial charge is 0.233 e. The van der Waals surface area contributed by atoms with Gasteiger partial charge in [0, 0.05) is 30.8 Å². The maximum Gasteiger partial charge on any atom is 0.233 e. The van der Waals surface area contributed by atoms with Crippen molar-refractivity contribution in [3.05, 3.63) is 35.4 Å². The molecule has 0 radical (unpaired) electrons. The number of nitrogens with two attached hydrogens (primary N) is 1. The molecule has 1 amide bonds. The molecule has 3 aliphatic rings. The van der Waals surface area contributed by atoms with Crippen LogP contribution in [0.3, 0.4) is 0 Å². The summed E-state index contributed by atoms with van der Waals surface area (Å²) in [4.78, 5) is 15.0. The van der Waals surface area contributed by atoms with Crippen LogP contribution in [0.25, 0.3) is 0 Å². The summed E-state index contributed by atoms with van der Waals surface area (Å²) in [5.41, 5.74) is 5.72. The fourth-order valence-corrected chi connectivity index (χ4v) is 4.78. The summed E-state index contributed by atoms with van der Waals surface area (Å²) in [6.07, 6.45) is 4.31. The number of hydrogen-bond donors (Lipinski definition) is 1. The van der Waals surface area contributed by atoms with Crippen molar-refractivity contribution in [2.45, 2.75) is 43.6 Å². The van der Waals surface area contributed by atoms with Crippen molar-refractivity contribution >= 4 is 18.3 Å². The molecule has 1 aromatic rings. The van der Waals surface area contributed by atoms with Crippen LogP contribution in [0.5, 0.6) is 0 Å². The molecule has 1 aliphatic heterocycles. The van der Waals surface area contributed by atoms with E-state index in [-0.39, 0.29) is 24.4 Å². The molecule has 3 fully saturated rings. The fraction of sp³-hybridized carbons (Fsp3) is 0.611. The van der Waals surface area contributed by atoms with Crippen LogP contribution in [0, 0.1) is 23.5 Å². The van der Waals surface area contributed by atoms with Gasteiger partial charge in [-0.1, -0.05) is 12.5 Å². The van der Waals surface area contributed by atoms with Gasteiger partial charge in [0.05, 0.1) is 5.41 Å². The summed E-state index contributed by atoms with van der Waals surface area (Å²) in [5.74, 6) is -0.321. The molecule has 2 aliphatic carbocycles. The fourth-order valence-electron chi connectivity index (χ4n) is 4.78. The largest absolute Gasteiger partial charge is 0.341 e. The van der Waals surface area contributed by atoms with Gasteiger partial charge < -0.3 is 10.6 Å². The van der Waals surface area contributed by atoms with E-state index in [1.165, 1.54) is 12.1 Å². The quantitative estimate of drug-likeness (QED) is 0.885. The van der Waals surface area contributed by atoms with Gasteiger partial charge in [0.25, 0.3) is 0 Å². The third-order valence-electron chi connectivity index (χ3n) is 6.26. The molecule has 24 heavy (non-hydrogen) atoms. The predicted octanol–water partition coefficient (Wildman–Crippen LogP) is 3.00. The predicted molar refractivity (Wildman–Crippen MR) is 89.9 cm³/mol. The van der Waals surface area contributed by atoms with Gasteiger partial charge in [-0.2, -0.15) is 0 Å². The SMILES string of the molecule is Cl.NC1CCC2CN(C(=O)C3(c4ccc(F)cc4F)CCC3)CC12. The molecule has 3 unspecified atom stereocenters. The van der Waals surface area contributed by atoms with Crippen LogP contribution >= 0.6 is 12.4 Å². The number of fused-ring (bicyclic) bond motifs is 1. The van der Waals surface area contributed by atoms with Gasteiger partial charge in [0.2, 0.25) is 5.91 Å². The molecule has 3 atom stereocenters. The van der Waals surface area contributed by atoms with Crippen LogP contribution in [0.15, 0.2) is 18.2 Å². The zero-order valence-corrected chi connectivity index (χ0v) is 14.3. The monoisotopic (exact) mass is 356 g/mol. The lowest BCUT2D eigenvalue weighted by Crippen LogP contribution is -2.51. The maximum absolute atomic E-state index is 14.3. The van der Waals surface area contributed by atoms with Crippen molar-refractivity contribution in [1.82, 2.24) is 4.90 Å². The van der Waals surface area contributed by atoms with E-state index < -0.39 is 17.0 Å². The third-order valence-corrected chi connectivity index (χ3v) is 6.26. The normalized spacial score (nSPS) is 30.5. The third kappa shape index (κ3) is 2.53. The number of carbonyl (C=O) groups is 1. The van der Waals surface area contributed by atoms with Gasteiger partial charge >= 0.3 is 0 Å². The molecule has 132 valence electrons. The molecule has 0 bridgehead atoms.